The van der Waals surface area contributed by atoms with Gasteiger partial charge in [-0.05, 0) is 31.9 Å². The van der Waals surface area contributed by atoms with Crippen LogP contribution >= 0.6 is 0 Å². The number of carbonyl (C=O) groups is 1. The second-order valence-corrected chi connectivity index (χ2v) is 4.68. The van der Waals surface area contributed by atoms with Crippen molar-refractivity contribution in [2.24, 2.45) is 0 Å². The lowest BCUT2D eigenvalue weighted by atomic mass is 10.1. The maximum Gasteiger partial charge on any atom is 0.239 e. The molecule has 1 amide bonds. The molecule has 3 nitrogen and oxygen atoms in total. The van der Waals surface area contributed by atoms with Crippen LogP contribution in [0.2, 0.25) is 0 Å². The number of benzene rings is 1. The third kappa shape index (κ3) is 2.67. The molecule has 2 atom stereocenters. The number of nitrogens with zero attached hydrogens (tertiary/aromatic N) is 1. The van der Waals surface area contributed by atoms with Crippen LogP contribution in [0.3, 0.4) is 0 Å². The topological polar surface area (TPSA) is 32.3 Å². The van der Waals surface area contributed by atoms with Gasteiger partial charge in [-0.1, -0.05) is 30.3 Å². The molecule has 1 aromatic rings. The molecule has 3 heteroatoms. The summed E-state index contributed by atoms with van der Waals surface area (Å²) in [7, 11) is 1.89. The van der Waals surface area contributed by atoms with E-state index in [0.717, 1.165) is 19.4 Å². The van der Waals surface area contributed by atoms with E-state index in [1.54, 1.807) is 0 Å². The smallest absolute Gasteiger partial charge is 0.239 e. The van der Waals surface area contributed by atoms with Gasteiger partial charge in [0.25, 0.3) is 0 Å². The second kappa shape index (κ2) is 5.32. The predicted molar refractivity (Wildman–Crippen MR) is 68.7 cm³/mol. The first-order chi connectivity index (χ1) is 8.20. The molecule has 0 spiro atoms. The molecule has 0 bridgehead atoms. The van der Waals surface area contributed by atoms with Crippen molar-refractivity contribution in [3.63, 3.8) is 0 Å². The third-order valence-corrected chi connectivity index (χ3v) is 3.57. The predicted octanol–water partition coefficient (Wildman–Crippen LogP) is 1.96. The molecule has 0 saturated carbocycles. The monoisotopic (exact) mass is 232 g/mol. The molecule has 92 valence electrons. The van der Waals surface area contributed by atoms with Crippen LogP contribution in [0.5, 0.6) is 0 Å². The van der Waals surface area contributed by atoms with Gasteiger partial charge < -0.3 is 10.2 Å². The van der Waals surface area contributed by atoms with Crippen LogP contribution in [0, 0.1) is 0 Å². The van der Waals surface area contributed by atoms with Gasteiger partial charge in [0, 0.05) is 7.05 Å². The van der Waals surface area contributed by atoms with Crippen molar-refractivity contribution in [1.82, 2.24) is 10.2 Å². The van der Waals surface area contributed by atoms with Crippen LogP contribution in [-0.2, 0) is 4.79 Å². The van der Waals surface area contributed by atoms with Crippen LogP contribution in [0.25, 0.3) is 0 Å². The van der Waals surface area contributed by atoms with Gasteiger partial charge in [-0.2, -0.15) is 0 Å². The molecule has 1 aromatic carbocycles. The summed E-state index contributed by atoms with van der Waals surface area (Å²) in [6.07, 6.45) is 2.06. The van der Waals surface area contributed by atoms with Gasteiger partial charge in [-0.15, -0.1) is 0 Å². The summed E-state index contributed by atoms with van der Waals surface area (Å²) in [5, 5.41) is 3.25. The van der Waals surface area contributed by atoms with Crippen LogP contribution in [0.4, 0.5) is 0 Å². The molecule has 1 aliphatic heterocycles. The highest BCUT2D eigenvalue weighted by Crippen LogP contribution is 2.20. The molecule has 0 aromatic heterocycles. The molecule has 2 rings (SSSR count). The second-order valence-electron chi connectivity index (χ2n) is 4.68. The van der Waals surface area contributed by atoms with E-state index in [2.05, 4.69) is 24.4 Å². The van der Waals surface area contributed by atoms with Gasteiger partial charge in [0.2, 0.25) is 5.91 Å². The summed E-state index contributed by atoms with van der Waals surface area (Å²) in [6, 6.07) is 10.3. The molecule has 1 heterocycles. The maximum absolute atomic E-state index is 12.2. The molecule has 1 unspecified atom stereocenters. The minimum atomic E-state index is 0.0196. The lowest BCUT2D eigenvalue weighted by molar-refractivity contribution is -0.133. The highest BCUT2D eigenvalue weighted by Gasteiger charge is 2.27. The Morgan fingerprint density at radius 3 is 2.71 bits per heavy atom. The first-order valence-electron chi connectivity index (χ1n) is 6.25. The average molecular weight is 232 g/mol. The molecule has 0 radical (unpaired) electrons. The molecule has 1 saturated heterocycles. The highest BCUT2D eigenvalue weighted by atomic mass is 16.2. The van der Waals surface area contributed by atoms with E-state index in [-0.39, 0.29) is 18.0 Å². The van der Waals surface area contributed by atoms with Crippen molar-refractivity contribution >= 4 is 5.91 Å². The largest absolute Gasteiger partial charge is 0.338 e. The molecule has 0 aliphatic carbocycles. The fourth-order valence-electron chi connectivity index (χ4n) is 2.29. The number of hydrogen-bond donors (Lipinski definition) is 1. The van der Waals surface area contributed by atoms with E-state index in [1.807, 2.05) is 30.1 Å². The van der Waals surface area contributed by atoms with Gasteiger partial charge >= 0.3 is 0 Å². The molecular weight excluding hydrogens is 212 g/mol. The maximum atomic E-state index is 12.2. The Morgan fingerprint density at radius 1 is 1.41 bits per heavy atom. The fraction of sp³-hybridized carbons (Fsp3) is 0.500. The number of nitrogens with one attached hydrogen (secondary N) is 1. The third-order valence-electron chi connectivity index (χ3n) is 3.57. The van der Waals surface area contributed by atoms with E-state index in [9.17, 15) is 4.79 Å². The summed E-state index contributed by atoms with van der Waals surface area (Å²) in [5.41, 5.74) is 1.18. The standard InChI is InChI=1S/C14H20N2O/c1-11(12-7-4-3-5-8-12)16(2)14(17)13-9-6-10-15-13/h3-5,7-8,11,13,15H,6,9-10H2,1-2H3/t11?,13-/m0/s1. The van der Waals surface area contributed by atoms with Crippen LogP contribution in [0.1, 0.15) is 31.4 Å². The van der Waals surface area contributed by atoms with Gasteiger partial charge in [0.05, 0.1) is 12.1 Å². The van der Waals surface area contributed by atoms with E-state index < -0.39 is 0 Å². The normalized spacial score (nSPS) is 21.2. The number of amides is 1. The van der Waals surface area contributed by atoms with Gasteiger partial charge in [-0.25, -0.2) is 0 Å². The van der Waals surface area contributed by atoms with E-state index in [4.69, 9.17) is 0 Å². The number of rotatable bonds is 3. The quantitative estimate of drug-likeness (QED) is 0.864. The van der Waals surface area contributed by atoms with Crippen molar-refractivity contribution in [3.05, 3.63) is 35.9 Å². The SMILES string of the molecule is CC(c1ccccc1)N(C)C(=O)[C@@H]1CCCN1. The van der Waals surface area contributed by atoms with Gasteiger partial charge in [0.15, 0.2) is 0 Å². The van der Waals surface area contributed by atoms with E-state index in [0.29, 0.717) is 0 Å². The number of carbonyl (C=O) groups excluding carboxylic acids is 1. The van der Waals surface area contributed by atoms with Crippen molar-refractivity contribution in [2.75, 3.05) is 13.6 Å². The zero-order valence-corrected chi connectivity index (χ0v) is 10.5. The zero-order chi connectivity index (χ0) is 12.3. The van der Waals surface area contributed by atoms with Crippen LogP contribution in [-0.4, -0.2) is 30.4 Å². The van der Waals surface area contributed by atoms with Crippen molar-refractivity contribution in [3.8, 4) is 0 Å². The van der Waals surface area contributed by atoms with Crippen LogP contribution < -0.4 is 5.32 Å². The first-order valence-corrected chi connectivity index (χ1v) is 6.25. The summed E-state index contributed by atoms with van der Waals surface area (Å²) in [6.45, 7) is 3.03. The molecule has 17 heavy (non-hydrogen) atoms. The Balaban J connectivity index is 2.04. The summed E-state index contributed by atoms with van der Waals surface area (Å²) in [5.74, 6) is 0.207. The molecule has 1 N–H and O–H groups in total. The molecular formula is C14H20N2O. The minimum Gasteiger partial charge on any atom is -0.338 e. The summed E-state index contributed by atoms with van der Waals surface area (Å²) >= 11 is 0. The molecule has 1 aliphatic rings. The van der Waals surface area contributed by atoms with Crippen molar-refractivity contribution < 1.29 is 4.79 Å². The van der Waals surface area contributed by atoms with Gasteiger partial charge in [-0.3, -0.25) is 4.79 Å². The van der Waals surface area contributed by atoms with E-state index >= 15 is 0 Å². The van der Waals surface area contributed by atoms with Crippen molar-refractivity contribution in [2.45, 2.75) is 31.8 Å². The van der Waals surface area contributed by atoms with Crippen molar-refractivity contribution in [1.29, 1.82) is 0 Å². The summed E-state index contributed by atoms with van der Waals surface area (Å²) < 4.78 is 0. The van der Waals surface area contributed by atoms with Crippen LogP contribution in [0.15, 0.2) is 30.3 Å². The number of likely N-dealkylation sites (N-methyl/N-ethyl adjacent to an activating group) is 1. The highest BCUT2D eigenvalue weighted by molar-refractivity contribution is 5.82. The Bertz CT molecular complexity index is 371. The lowest BCUT2D eigenvalue weighted by Crippen LogP contribution is -2.42. The Kier molecular flexibility index (Phi) is 3.79. The summed E-state index contributed by atoms with van der Waals surface area (Å²) in [4.78, 5) is 14.1. The minimum absolute atomic E-state index is 0.0196. The Morgan fingerprint density at radius 2 is 2.12 bits per heavy atom. The average Bonchev–Trinajstić information content (AvgIpc) is 2.91. The Hall–Kier alpha value is -1.35. The fourth-order valence-corrected chi connectivity index (χ4v) is 2.29. The van der Waals surface area contributed by atoms with E-state index in [1.165, 1.54) is 5.56 Å². The first kappa shape index (κ1) is 12.1. The zero-order valence-electron chi connectivity index (χ0n) is 10.5. The van der Waals surface area contributed by atoms with Gasteiger partial charge in [0.1, 0.15) is 0 Å². The molecule has 1 fully saturated rings. The Labute approximate surface area is 103 Å². The number of hydrogen-bond acceptors (Lipinski definition) is 2. The lowest BCUT2D eigenvalue weighted by Gasteiger charge is -2.28.